The summed E-state index contributed by atoms with van der Waals surface area (Å²) in [7, 11) is 0. The molecule has 1 saturated heterocycles. The van der Waals surface area contributed by atoms with Crippen molar-refractivity contribution in [1.82, 2.24) is 0 Å². The lowest BCUT2D eigenvalue weighted by Crippen LogP contribution is -2.42. The van der Waals surface area contributed by atoms with Crippen LogP contribution in [0.1, 0.15) is 37.7 Å². The lowest BCUT2D eigenvalue weighted by atomic mass is 9.75. The molecule has 1 nitrogen and oxygen atoms in total. The highest BCUT2D eigenvalue weighted by Gasteiger charge is 2.31. The first-order valence-corrected chi connectivity index (χ1v) is 8.28. The molecule has 0 radical (unpaired) electrons. The fourth-order valence-corrected chi connectivity index (χ4v) is 4.16. The molecule has 0 bridgehead atoms. The molecule has 2 fully saturated rings. The Bertz CT molecular complexity index is 446. The summed E-state index contributed by atoms with van der Waals surface area (Å²) < 4.78 is 0. The van der Waals surface area contributed by atoms with Gasteiger partial charge in [-0.2, -0.15) is 0 Å². The van der Waals surface area contributed by atoms with Gasteiger partial charge in [-0.3, -0.25) is 0 Å². The molecule has 3 rings (SSSR count). The summed E-state index contributed by atoms with van der Waals surface area (Å²) in [6.07, 6.45) is 7.02. The summed E-state index contributed by atoms with van der Waals surface area (Å²) in [6.45, 7) is 2.35. The van der Waals surface area contributed by atoms with Crippen molar-refractivity contribution in [3.63, 3.8) is 0 Å². The molecule has 1 aliphatic heterocycles. The Morgan fingerprint density at radius 3 is 2.68 bits per heavy atom. The quantitative estimate of drug-likeness (QED) is 0.687. The van der Waals surface area contributed by atoms with Crippen LogP contribution in [0.25, 0.3) is 0 Å². The van der Waals surface area contributed by atoms with Gasteiger partial charge in [0.1, 0.15) is 0 Å². The molecular formula is C16H21Cl2N. The van der Waals surface area contributed by atoms with Crippen LogP contribution >= 0.6 is 23.2 Å². The summed E-state index contributed by atoms with van der Waals surface area (Å²) in [5, 5.41) is 0.814. The van der Waals surface area contributed by atoms with Gasteiger partial charge in [-0.15, -0.1) is 11.6 Å². The van der Waals surface area contributed by atoms with Gasteiger partial charge < -0.3 is 4.90 Å². The molecule has 1 saturated carbocycles. The zero-order valence-electron chi connectivity index (χ0n) is 11.2. The third-order valence-corrected chi connectivity index (χ3v) is 5.35. The molecule has 2 atom stereocenters. The summed E-state index contributed by atoms with van der Waals surface area (Å²) >= 11 is 12.2. The molecule has 0 amide bonds. The second-order valence-electron chi connectivity index (χ2n) is 5.95. The van der Waals surface area contributed by atoms with Crippen LogP contribution in [0.5, 0.6) is 0 Å². The average Bonchev–Trinajstić information content (AvgIpc) is 2.46. The van der Waals surface area contributed by atoms with Crippen LogP contribution in [0.3, 0.4) is 0 Å². The van der Waals surface area contributed by atoms with Crippen LogP contribution in [0, 0.1) is 11.8 Å². The second-order valence-corrected chi connectivity index (χ2v) is 6.65. The number of halogens is 2. The molecular weight excluding hydrogens is 277 g/mol. The third-order valence-electron chi connectivity index (χ3n) is 4.82. The molecule has 3 heteroatoms. The van der Waals surface area contributed by atoms with E-state index in [2.05, 4.69) is 17.0 Å². The Kier molecular flexibility index (Phi) is 4.24. The minimum atomic E-state index is 0.567. The zero-order valence-corrected chi connectivity index (χ0v) is 12.8. The van der Waals surface area contributed by atoms with Crippen molar-refractivity contribution in [2.24, 2.45) is 11.8 Å². The number of rotatable bonds is 2. The van der Waals surface area contributed by atoms with Crippen molar-refractivity contribution in [3.8, 4) is 0 Å². The van der Waals surface area contributed by atoms with Gasteiger partial charge in [-0.05, 0) is 42.4 Å². The maximum atomic E-state index is 6.16. The van der Waals surface area contributed by atoms with Gasteiger partial charge in [0.25, 0.3) is 0 Å². The summed E-state index contributed by atoms with van der Waals surface area (Å²) in [5.74, 6) is 2.41. The molecule has 1 aromatic rings. The van der Waals surface area contributed by atoms with Crippen molar-refractivity contribution in [2.45, 2.75) is 38.0 Å². The van der Waals surface area contributed by atoms with Crippen LogP contribution in [-0.4, -0.2) is 13.1 Å². The predicted octanol–water partition coefficient (Wildman–Crippen LogP) is 5.10. The Morgan fingerprint density at radius 1 is 1.11 bits per heavy atom. The number of hydrogen-bond donors (Lipinski definition) is 0. The Hall–Kier alpha value is -0.400. The second kappa shape index (κ2) is 5.93. The van der Waals surface area contributed by atoms with E-state index in [1.807, 2.05) is 6.07 Å². The van der Waals surface area contributed by atoms with E-state index in [1.165, 1.54) is 49.9 Å². The van der Waals surface area contributed by atoms with Crippen LogP contribution in [-0.2, 0) is 5.88 Å². The minimum absolute atomic E-state index is 0.567. The molecule has 2 aliphatic rings. The predicted molar refractivity (Wildman–Crippen MR) is 83.3 cm³/mol. The molecule has 1 heterocycles. The molecule has 1 aromatic carbocycles. The van der Waals surface area contributed by atoms with E-state index in [-0.39, 0.29) is 0 Å². The maximum absolute atomic E-state index is 6.16. The van der Waals surface area contributed by atoms with E-state index in [0.29, 0.717) is 5.88 Å². The van der Waals surface area contributed by atoms with Crippen molar-refractivity contribution in [3.05, 3.63) is 28.8 Å². The van der Waals surface area contributed by atoms with Crippen molar-refractivity contribution >= 4 is 28.9 Å². The highest BCUT2D eigenvalue weighted by atomic mass is 35.5. The van der Waals surface area contributed by atoms with E-state index in [0.717, 1.165) is 23.4 Å². The van der Waals surface area contributed by atoms with Crippen molar-refractivity contribution < 1.29 is 0 Å². The van der Waals surface area contributed by atoms with Crippen LogP contribution in [0.15, 0.2) is 18.2 Å². The van der Waals surface area contributed by atoms with Crippen LogP contribution in [0.4, 0.5) is 5.69 Å². The standard InChI is InChI=1S/C16H21Cl2N/c17-10-13-5-6-15(18)9-16(13)19-8-7-12-3-1-2-4-14(12)11-19/h5-6,9,12,14H,1-4,7-8,10-11H2. The summed E-state index contributed by atoms with van der Waals surface area (Å²) in [4.78, 5) is 2.51. The van der Waals surface area contributed by atoms with E-state index in [1.54, 1.807) is 0 Å². The number of alkyl halides is 1. The average molecular weight is 298 g/mol. The van der Waals surface area contributed by atoms with Gasteiger partial charge in [-0.1, -0.05) is 36.9 Å². The van der Waals surface area contributed by atoms with Crippen LogP contribution in [0.2, 0.25) is 5.02 Å². The van der Waals surface area contributed by atoms with Crippen molar-refractivity contribution in [2.75, 3.05) is 18.0 Å². The molecule has 1 aliphatic carbocycles. The summed E-state index contributed by atoms with van der Waals surface area (Å²) in [5.41, 5.74) is 2.46. The Morgan fingerprint density at radius 2 is 1.89 bits per heavy atom. The lowest BCUT2D eigenvalue weighted by Gasteiger charge is -2.42. The maximum Gasteiger partial charge on any atom is 0.0494 e. The van der Waals surface area contributed by atoms with Gasteiger partial charge in [-0.25, -0.2) is 0 Å². The first-order chi connectivity index (χ1) is 9.28. The number of benzene rings is 1. The summed E-state index contributed by atoms with van der Waals surface area (Å²) in [6, 6.07) is 6.09. The Balaban J connectivity index is 1.80. The third kappa shape index (κ3) is 2.87. The number of fused-ring (bicyclic) bond motifs is 1. The number of nitrogens with zero attached hydrogens (tertiary/aromatic N) is 1. The van der Waals surface area contributed by atoms with Gasteiger partial charge in [0.15, 0.2) is 0 Å². The van der Waals surface area contributed by atoms with Gasteiger partial charge >= 0.3 is 0 Å². The fourth-order valence-electron chi connectivity index (χ4n) is 3.76. The number of hydrogen-bond acceptors (Lipinski definition) is 1. The van der Waals surface area contributed by atoms with E-state index in [4.69, 9.17) is 23.2 Å². The van der Waals surface area contributed by atoms with Gasteiger partial charge in [0.05, 0.1) is 0 Å². The highest BCUT2D eigenvalue weighted by Crippen LogP contribution is 2.38. The largest absolute Gasteiger partial charge is 0.371 e. The SMILES string of the molecule is ClCc1ccc(Cl)cc1N1CCC2CCCCC2C1. The molecule has 104 valence electrons. The van der Waals surface area contributed by atoms with E-state index in [9.17, 15) is 0 Å². The highest BCUT2D eigenvalue weighted by molar-refractivity contribution is 6.31. The van der Waals surface area contributed by atoms with E-state index < -0.39 is 0 Å². The molecule has 0 N–H and O–H groups in total. The minimum Gasteiger partial charge on any atom is -0.371 e. The Labute approximate surface area is 125 Å². The molecule has 2 unspecified atom stereocenters. The molecule has 0 spiro atoms. The molecule has 0 aromatic heterocycles. The lowest BCUT2D eigenvalue weighted by molar-refractivity contribution is 0.202. The van der Waals surface area contributed by atoms with Crippen molar-refractivity contribution in [1.29, 1.82) is 0 Å². The van der Waals surface area contributed by atoms with Crippen LogP contribution < -0.4 is 4.90 Å². The first-order valence-electron chi connectivity index (χ1n) is 7.37. The van der Waals surface area contributed by atoms with Gasteiger partial charge in [0.2, 0.25) is 0 Å². The normalized spacial score (nSPS) is 27.2. The van der Waals surface area contributed by atoms with Gasteiger partial charge in [0, 0.05) is 29.7 Å². The molecule has 19 heavy (non-hydrogen) atoms. The number of piperidine rings is 1. The van der Waals surface area contributed by atoms with E-state index >= 15 is 0 Å². The fraction of sp³-hybridized carbons (Fsp3) is 0.625. The smallest absolute Gasteiger partial charge is 0.0494 e. The number of anilines is 1. The first kappa shape index (κ1) is 13.6. The monoisotopic (exact) mass is 297 g/mol. The topological polar surface area (TPSA) is 3.24 Å². The zero-order chi connectivity index (χ0) is 13.2.